The molecule has 0 bridgehead atoms. The van der Waals surface area contributed by atoms with E-state index in [9.17, 15) is 10.2 Å². The minimum Gasteiger partial charge on any atom is -0.508 e. The van der Waals surface area contributed by atoms with Gasteiger partial charge in [-0.2, -0.15) is 5.10 Å². The average molecular weight is 245 g/mol. The molecule has 0 fully saturated rings. The molecule has 1 unspecified atom stereocenters. The highest BCUT2D eigenvalue weighted by molar-refractivity contribution is 5.55. The zero-order chi connectivity index (χ0) is 12.5. The van der Waals surface area contributed by atoms with Gasteiger partial charge in [0.05, 0.1) is 6.61 Å². The van der Waals surface area contributed by atoms with E-state index in [-0.39, 0.29) is 18.3 Å². The van der Waals surface area contributed by atoms with Gasteiger partial charge in [-0.1, -0.05) is 0 Å². The van der Waals surface area contributed by atoms with Crippen LogP contribution in [0.15, 0.2) is 24.3 Å². The Kier molecular flexibility index (Phi) is 2.76. The molecule has 94 valence electrons. The van der Waals surface area contributed by atoms with Gasteiger partial charge in [-0.05, 0) is 37.1 Å². The first-order valence-electron chi connectivity index (χ1n) is 6.13. The molecule has 1 aliphatic heterocycles. The fraction of sp³-hybridized carbons (Fsp3) is 0.385. The maximum absolute atomic E-state index is 9.34. The molecule has 0 saturated carbocycles. The molecule has 2 aromatic rings. The first kappa shape index (κ1) is 11.2. The van der Waals surface area contributed by atoms with Crippen molar-refractivity contribution in [2.75, 3.05) is 6.61 Å². The smallest absolute Gasteiger partial charge is 0.181 e. The SMILES string of the molecule is OCC1CCCn2nc(-c3ccc(O)cc3)nc21. The maximum Gasteiger partial charge on any atom is 0.181 e. The van der Waals surface area contributed by atoms with Crippen molar-refractivity contribution >= 4 is 0 Å². The molecule has 18 heavy (non-hydrogen) atoms. The van der Waals surface area contributed by atoms with Gasteiger partial charge < -0.3 is 10.2 Å². The number of aromatic nitrogens is 3. The molecule has 5 nitrogen and oxygen atoms in total. The number of aryl methyl sites for hydroxylation is 1. The lowest BCUT2D eigenvalue weighted by atomic mass is 10.0. The van der Waals surface area contributed by atoms with Crippen molar-refractivity contribution < 1.29 is 10.2 Å². The van der Waals surface area contributed by atoms with Gasteiger partial charge in [0.25, 0.3) is 0 Å². The van der Waals surface area contributed by atoms with Gasteiger partial charge in [0.15, 0.2) is 5.82 Å². The Morgan fingerprint density at radius 2 is 2.06 bits per heavy atom. The molecule has 1 atom stereocenters. The third-order valence-corrected chi connectivity index (χ3v) is 3.33. The molecule has 0 spiro atoms. The third kappa shape index (κ3) is 1.86. The van der Waals surface area contributed by atoms with Crippen molar-refractivity contribution in [2.45, 2.75) is 25.3 Å². The predicted octanol–water partition coefficient (Wildman–Crippen LogP) is 1.52. The number of nitrogens with zero attached hydrogens (tertiary/aromatic N) is 3. The van der Waals surface area contributed by atoms with Crippen LogP contribution in [0.3, 0.4) is 0 Å². The average Bonchev–Trinajstić information content (AvgIpc) is 2.83. The summed E-state index contributed by atoms with van der Waals surface area (Å²) >= 11 is 0. The van der Waals surface area contributed by atoms with Crippen molar-refractivity contribution in [3.05, 3.63) is 30.1 Å². The summed E-state index contributed by atoms with van der Waals surface area (Å²) in [6, 6.07) is 6.84. The van der Waals surface area contributed by atoms with Gasteiger partial charge in [-0.25, -0.2) is 9.67 Å². The van der Waals surface area contributed by atoms with Crippen LogP contribution in [0, 0.1) is 0 Å². The van der Waals surface area contributed by atoms with Crippen molar-refractivity contribution in [1.82, 2.24) is 14.8 Å². The molecular weight excluding hydrogens is 230 g/mol. The minimum atomic E-state index is 0.0946. The molecule has 3 rings (SSSR count). The number of phenols is 1. The van der Waals surface area contributed by atoms with Crippen LogP contribution in [0.2, 0.25) is 0 Å². The lowest BCUT2D eigenvalue weighted by Crippen LogP contribution is -2.19. The fourth-order valence-corrected chi connectivity index (χ4v) is 2.34. The second-order valence-corrected chi connectivity index (χ2v) is 4.59. The summed E-state index contributed by atoms with van der Waals surface area (Å²) in [6.07, 6.45) is 1.99. The van der Waals surface area contributed by atoms with E-state index in [1.54, 1.807) is 24.3 Å². The van der Waals surface area contributed by atoms with E-state index in [1.165, 1.54) is 0 Å². The van der Waals surface area contributed by atoms with Gasteiger partial charge in [-0.15, -0.1) is 0 Å². The van der Waals surface area contributed by atoms with E-state index in [0.717, 1.165) is 30.8 Å². The van der Waals surface area contributed by atoms with Gasteiger partial charge >= 0.3 is 0 Å². The van der Waals surface area contributed by atoms with Gasteiger partial charge in [-0.3, -0.25) is 0 Å². The Balaban J connectivity index is 1.99. The van der Waals surface area contributed by atoms with Crippen molar-refractivity contribution in [1.29, 1.82) is 0 Å². The Bertz CT molecular complexity index is 548. The summed E-state index contributed by atoms with van der Waals surface area (Å²) in [7, 11) is 0. The molecule has 1 aromatic heterocycles. The van der Waals surface area contributed by atoms with E-state index in [1.807, 2.05) is 4.68 Å². The van der Waals surface area contributed by atoms with Crippen LogP contribution in [-0.4, -0.2) is 31.6 Å². The molecule has 0 radical (unpaired) electrons. The summed E-state index contributed by atoms with van der Waals surface area (Å²) in [5, 5.41) is 23.1. The van der Waals surface area contributed by atoms with Gasteiger partial charge in [0.1, 0.15) is 11.6 Å². The molecule has 0 amide bonds. The number of aliphatic hydroxyl groups is 1. The Hall–Kier alpha value is -1.88. The first-order valence-corrected chi connectivity index (χ1v) is 6.13. The molecular formula is C13H15N3O2. The second kappa shape index (κ2) is 4.42. The third-order valence-electron chi connectivity index (χ3n) is 3.33. The number of phenolic OH excluding ortho intramolecular Hbond substituents is 1. The largest absolute Gasteiger partial charge is 0.508 e. The number of aliphatic hydroxyl groups excluding tert-OH is 1. The van der Waals surface area contributed by atoms with Crippen molar-refractivity contribution in [3.8, 4) is 17.1 Å². The van der Waals surface area contributed by atoms with Crippen LogP contribution in [-0.2, 0) is 6.54 Å². The number of fused-ring (bicyclic) bond motifs is 1. The summed E-state index contributed by atoms with van der Waals surface area (Å²) in [5.74, 6) is 1.85. The first-order chi connectivity index (χ1) is 8.78. The molecule has 1 aliphatic rings. The summed E-state index contributed by atoms with van der Waals surface area (Å²) in [6.45, 7) is 0.977. The second-order valence-electron chi connectivity index (χ2n) is 4.59. The van der Waals surface area contributed by atoms with Crippen LogP contribution in [0.4, 0.5) is 0 Å². The zero-order valence-corrected chi connectivity index (χ0v) is 9.95. The monoisotopic (exact) mass is 245 g/mol. The Morgan fingerprint density at radius 3 is 2.78 bits per heavy atom. The Labute approximate surface area is 105 Å². The van der Waals surface area contributed by atoms with Crippen LogP contribution in [0.5, 0.6) is 5.75 Å². The number of aromatic hydroxyl groups is 1. The lowest BCUT2D eigenvalue weighted by molar-refractivity contribution is 0.234. The molecule has 1 aromatic carbocycles. The zero-order valence-electron chi connectivity index (χ0n) is 9.95. The predicted molar refractivity (Wildman–Crippen MR) is 66.2 cm³/mol. The van der Waals surface area contributed by atoms with Crippen LogP contribution < -0.4 is 0 Å². The minimum absolute atomic E-state index is 0.0946. The van der Waals surface area contributed by atoms with E-state index in [4.69, 9.17) is 0 Å². The van der Waals surface area contributed by atoms with Crippen molar-refractivity contribution in [2.24, 2.45) is 0 Å². The van der Waals surface area contributed by atoms with E-state index in [2.05, 4.69) is 10.1 Å². The van der Waals surface area contributed by atoms with Gasteiger partial charge in [0, 0.05) is 18.0 Å². The molecule has 0 aliphatic carbocycles. The number of rotatable bonds is 2. The van der Waals surface area contributed by atoms with Crippen LogP contribution in [0.1, 0.15) is 24.6 Å². The van der Waals surface area contributed by atoms with E-state index < -0.39 is 0 Å². The number of hydrogen-bond acceptors (Lipinski definition) is 4. The Morgan fingerprint density at radius 1 is 1.28 bits per heavy atom. The number of benzene rings is 1. The van der Waals surface area contributed by atoms with E-state index >= 15 is 0 Å². The van der Waals surface area contributed by atoms with Crippen molar-refractivity contribution in [3.63, 3.8) is 0 Å². The molecule has 2 N–H and O–H groups in total. The summed E-state index contributed by atoms with van der Waals surface area (Å²) in [5.41, 5.74) is 0.881. The highest BCUT2D eigenvalue weighted by Crippen LogP contribution is 2.27. The topological polar surface area (TPSA) is 71.2 Å². The fourth-order valence-electron chi connectivity index (χ4n) is 2.34. The highest BCUT2D eigenvalue weighted by Gasteiger charge is 2.23. The number of hydrogen-bond donors (Lipinski definition) is 2. The van der Waals surface area contributed by atoms with Gasteiger partial charge in [0.2, 0.25) is 0 Å². The molecule has 2 heterocycles. The quantitative estimate of drug-likeness (QED) is 0.841. The highest BCUT2D eigenvalue weighted by atomic mass is 16.3. The summed E-state index contributed by atoms with van der Waals surface area (Å²) in [4.78, 5) is 4.51. The molecule has 5 heteroatoms. The summed E-state index contributed by atoms with van der Waals surface area (Å²) < 4.78 is 1.88. The normalized spacial score (nSPS) is 18.6. The van der Waals surface area contributed by atoms with E-state index in [0.29, 0.717) is 5.82 Å². The van der Waals surface area contributed by atoms with Crippen LogP contribution >= 0.6 is 0 Å². The standard InChI is InChI=1S/C13H15N3O2/c17-8-10-2-1-7-16-13(10)14-12(15-16)9-3-5-11(18)6-4-9/h3-6,10,17-18H,1-2,7-8H2. The van der Waals surface area contributed by atoms with Crippen LogP contribution in [0.25, 0.3) is 11.4 Å². The maximum atomic E-state index is 9.34. The lowest BCUT2D eigenvalue weighted by Gasteiger charge is -2.19. The molecule has 0 saturated heterocycles.